The number of carbonyl (C=O) groups excluding carboxylic acids is 2. The highest BCUT2D eigenvalue weighted by Gasteiger charge is 2.53. The molecular formula is C30H30Cl3N3O4. The first-order valence-electron chi connectivity index (χ1n) is 12.6. The summed E-state index contributed by atoms with van der Waals surface area (Å²) in [4.78, 5) is 33.3. The van der Waals surface area contributed by atoms with Gasteiger partial charge < -0.3 is 9.47 Å². The first-order valence-corrected chi connectivity index (χ1v) is 13.7. The van der Waals surface area contributed by atoms with Crippen LogP contribution in [0.25, 0.3) is 0 Å². The van der Waals surface area contributed by atoms with Crippen molar-refractivity contribution in [1.82, 2.24) is 5.32 Å². The molecule has 0 spiro atoms. The summed E-state index contributed by atoms with van der Waals surface area (Å²) < 4.78 is 9.14. The van der Waals surface area contributed by atoms with E-state index in [4.69, 9.17) is 49.3 Å². The Morgan fingerprint density at radius 3 is 1.95 bits per heavy atom. The predicted octanol–water partition coefficient (Wildman–Crippen LogP) is 7.62. The van der Waals surface area contributed by atoms with Crippen LogP contribution < -0.4 is 10.2 Å². The molecule has 10 heteroatoms. The Morgan fingerprint density at radius 1 is 0.900 bits per heavy atom. The molecule has 1 N–H and O–H groups in total. The highest BCUT2D eigenvalue weighted by Crippen LogP contribution is 2.46. The number of aliphatic imine (C=N–C) groups is 1. The van der Waals surface area contributed by atoms with Crippen molar-refractivity contribution in [1.29, 1.82) is 0 Å². The number of carbonyl (C=O) groups is 2. The lowest BCUT2D eigenvalue weighted by molar-refractivity contribution is 0.0549. The molecule has 1 heterocycles. The first kappa shape index (κ1) is 29.7. The number of alkyl halides is 3. The Kier molecular flexibility index (Phi) is 8.69. The fourth-order valence-electron chi connectivity index (χ4n) is 4.51. The third kappa shape index (κ3) is 6.89. The quantitative estimate of drug-likeness (QED) is 0.241. The molecule has 0 bridgehead atoms. The van der Waals surface area contributed by atoms with Crippen molar-refractivity contribution in [3.63, 3.8) is 0 Å². The van der Waals surface area contributed by atoms with E-state index in [0.29, 0.717) is 17.0 Å². The number of anilines is 1. The number of alkyl carbamates (subject to hydrolysis) is 1. The molecule has 0 aliphatic carbocycles. The normalized spacial score (nSPS) is 18.5. The molecule has 4 rings (SSSR count). The molecule has 2 amide bonds. The van der Waals surface area contributed by atoms with E-state index >= 15 is 0 Å². The van der Waals surface area contributed by atoms with Crippen LogP contribution in [0.1, 0.15) is 44.4 Å². The summed E-state index contributed by atoms with van der Waals surface area (Å²) in [6.07, 6.45) is -2.60. The van der Waals surface area contributed by atoms with Gasteiger partial charge in [-0.3, -0.25) is 15.2 Å². The molecule has 1 aliphatic rings. The van der Waals surface area contributed by atoms with Gasteiger partial charge in [-0.1, -0.05) is 114 Å². The summed E-state index contributed by atoms with van der Waals surface area (Å²) >= 11 is 17.4. The van der Waals surface area contributed by atoms with Crippen molar-refractivity contribution in [3.8, 4) is 0 Å². The Hall–Kier alpha value is -3.26. The van der Waals surface area contributed by atoms with E-state index in [1.807, 2.05) is 79.7 Å². The van der Waals surface area contributed by atoms with Gasteiger partial charge in [-0.05, 0) is 33.8 Å². The molecule has 3 aromatic carbocycles. The number of benzene rings is 3. The second-order valence-corrected chi connectivity index (χ2v) is 13.0. The van der Waals surface area contributed by atoms with Gasteiger partial charge in [0, 0.05) is 16.7 Å². The minimum absolute atomic E-state index is 0.491. The van der Waals surface area contributed by atoms with Gasteiger partial charge in [0.1, 0.15) is 23.9 Å². The van der Waals surface area contributed by atoms with Crippen molar-refractivity contribution in [2.24, 2.45) is 4.99 Å². The molecule has 7 nitrogen and oxygen atoms in total. The maximum Gasteiger partial charge on any atom is 0.416 e. The standard InChI is InChI=1S/C30H30Cl3N3O4/c1-28(2,3)40-27(38)36-23-18-12-11-17-22(23)29(4,25(36)34-26(37)39-19-30(31,32)33)35-24(20-13-7-5-8-14-20)21-15-9-6-10-16-21/h5-18,25H,19H2,1-4H3,(H,34,37)/t25-,29-/m1/s1. The minimum atomic E-state index is -1.81. The summed E-state index contributed by atoms with van der Waals surface area (Å²) in [6.45, 7) is 6.66. The Morgan fingerprint density at radius 2 is 1.43 bits per heavy atom. The summed E-state index contributed by atoms with van der Waals surface area (Å²) in [5.74, 6) is 0. The molecular weight excluding hydrogens is 573 g/mol. The number of hydrogen-bond acceptors (Lipinski definition) is 5. The summed E-state index contributed by atoms with van der Waals surface area (Å²) in [5, 5.41) is 2.79. The molecule has 0 unspecified atom stereocenters. The van der Waals surface area contributed by atoms with Crippen LogP contribution in [0.4, 0.5) is 15.3 Å². The lowest BCUT2D eigenvalue weighted by Gasteiger charge is -2.35. The van der Waals surface area contributed by atoms with Crippen LogP contribution >= 0.6 is 34.8 Å². The third-order valence-corrected chi connectivity index (χ3v) is 6.48. The maximum atomic E-state index is 13.6. The third-order valence-electron chi connectivity index (χ3n) is 6.15. The van der Waals surface area contributed by atoms with Gasteiger partial charge in [0.2, 0.25) is 3.79 Å². The predicted molar refractivity (Wildman–Crippen MR) is 160 cm³/mol. The second kappa shape index (κ2) is 11.7. The minimum Gasteiger partial charge on any atom is -0.445 e. The fraction of sp³-hybridized carbons (Fsp3) is 0.300. The zero-order chi connectivity index (χ0) is 29.1. The highest BCUT2D eigenvalue weighted by atomic mass is 35.6. The number of fused-ring (bicyclic) bond motifs is 1. The number of para-hydroxylation sites is 1. The summed E-state index contributed by atoms with van der Waals surface area (Å²) in [7, 11) is 0. The van der Waals surface area contributed by atoms with E-state index < -0.39 is 39.9 Å². The molecule has 0 aromatic heterocycles. The molecule has 0 saturated heterocycles. The van der Waals surface area contributed by atoms with E-state index in [1.54, 1.807) is 32.9 Å². The van der Waals surface area contributed by atoms with Crippen LogP contribution in [0.2, 0.25) is 0 Å². The summed E-state index contributed by atoms with van der Waals surface area (Å²) in [5.41, 5.74) is 1.65. The summed E-state index contributed by atoms with van der Waals surface area (Å²) in [6, 6.07) is 26.7. The molecule has 0 radical (unpaired) electrons. The van der Waals surface area contributed by atoms with Crippen LogP contribution in [-0.2, 0) is 15.0 Å². The van der Waals surface area contributed by atoms with Crippen molar-refractivity contribution in [2.45, 2.75) is 48.8 Å². The van der Waals surface area contributed by atoms with Crippen LogP contribution in [0.15, 0.2) is 89.9 Å². The van der Waals surface area contributed by atoms with Gasteiger partial charge in [0.25, 0.3) is 0 Å². The van der Waals surface area contributed by atoms with Gasteiger partial charge in [0.15, 0.2) is 0 Å². The number of hydrogen-bond donors (Lipinski definition) is 1. The average molecular weight is 603 g/mol. The number of halogens is 3. The molecule has 0 fully saturated rings. The fourth-order valence-corrected chi connectivity index (χ4v) is 4.68. The molecule has 2 atom stereocenters. The number of nitrogens with one attached hydrogen (secondary N) is 1. The van der Waals surface area contributed by atoms with Gasteiger partial charge in [-0.15, -0.1) is 0 Å². The van der Waals surface area contributed by atoms with E-state index in [9.17, 15) is 9.59 Å². The maximum absolute atomic E-state index is 13.6. The zero-order valence-corrected chi connectivity index (χ0v) is 24.8. The van der Waals surface area contributed by atoms with Crippen LogP contribution in [0.5, 0.6) is 0 Å². The van der Waals surface area contributed by atoms with Crippen molar-refractivity contribution in [3.05, 3.63) is 102 Å². The largest absolute Gasteiger partial charge is 0.445 e. The van der Waals surface area contributed by atoms with Crippen molar-refractivity contribution < 1.29 is 19.1 Å². The van der Waals surface area contributed by atoms with E-state index in [1.165, 1.54) is 4.90 Å². The van der Waals surface area contributed by atoms with Crippen molar-refractivity contribution >= 4 is 58.4 Å². The smallest absolute Gasteiger partial charge is 0.416 e. The van der Waals surface area contributed by atoms with E-state index in [2.05, 4.69) is 5.32 Å². The first-order chi connectivity index (χ1) is 18.8. The molecule has 1 aliphatic heterocycles. The van der Waals surface area contributed by atoms with Crippen molar-refractivity contribution in [2.75, 3.05) is 11.5 Å². The van der Waals surface area contributed by atoms with Gasteiger partial charge >= 0.3 is 12.2 Å². The molecule has 0 saturated carbocycles. The SMILES string of the molecule is CC(C)(C)OC(=O)N1c2ccccc2[C@@](C)(N=C(c2ccccc2)c2ccccc2)[C@@H]1NC(=O)OCC(Cl)(Cl)Cl. The number of nitrogens with zero attached hydrogens (tertiary/aromatic N) is 2. The van der Waals surface area contributed by atoms with Gasteiger partial charge in [0.05, 0.1) is 11.4 Å². The van der Waals surface area contributed by atoms with E-state index in [0.717, 1.165) is 11.1 Å². The molecule has 40 heavy (non-hydrogen) atoms. The number of rotatable bonds is 5. The lowest BCUT2D eigenvalue weighted by Crippen LogP contribution is -2.57. The lowest BCUT2D eigenvalue weighted by atomic mass is 9.90. The highest BCUT2D eigenvalue weighted by molar-refractivity contribution is 6.67. The second-order valence-electron chi connectivity index (χ2n) is 10.4. The topological polar surface area (TPSA) is 80.2 Å². The number of amides is 2. The Labute approximate surface area is 249 Å². The number of ether oxygens (including phenoxy) is 2. The van der Waals surface area contributed by atoms with Crippen LogP contribution in [0, 0.1) is 0 Å². The van der Waals surface area contributed by atoms with Gasteiger partial charge in [-0.2, -0.15) is 0 Å². The average Bonchev–Trinajstić information content (AvgIpc) is 3.13. The van der Waals surface area contributed by atoms with Gasteiger partial charge in [-0.25, -0.2) is 9.59 Å². The van der Waals surface area contributed by atoms with E-state index in [-0.39, 0.29) is 0 Å². The van der Waals surface area contributed by atoms with Crippen LogP contribution in [0.3, 0.4) is 0 Å². The molecule has 3 aromatic rings. The Balaban J connectivity index is 1.90. The monoisotopic (exact) mass is 601 g/mol. The molecule has 210 valence electrons. The Bertz CT molecular complexity index is 1350. The zero-order valence-electron chi connectivity index (χ0n) is 22.5. The van der Waals surface area contributed by atoms with Crippen LogP contribution in [-0.4, -0.2) is 40.1 Å².